The smallest absolute Gasteiger partial charge is 0.269 e. The van der Waals surface area contributed by atoms with Crippen molar-refractivity contribution in [2.45, 2.75) is 6.42 Å². The largest absolute Gasteiger partial charge is 0.484 e. The minimum atomic E-state index is -0.489. The molecule has 150 valence electrons. The Labute approximate surface area is 176 Å². The molecule has 0 radical (unpaired) electrons. The van der Waals surface area contributed by atoms with Crippen molar-refractivity contribution in [1.82, 2.24) is 4.98 Å². The summed E-state index contributed by atoms with van der Waals surface area (Å²) in [6, 6.07) is 21.2. The molecule has 4 aromatic rings. The Hall–Kier alpha value is -3.78. The van der Waals surface area contributed by atoms with E-state index in [4.69, 9.17) is 4.74 Å². The third kappa shape index (κ3) is 4.79. The monoisotopic (exact) mass is 419 g/mol. The fraction of sp³-hybridized carbons (Fsp3) is 0.0909. The highest BCUT2D eigenvalue weighted by Gasteiger charge is 2.08. The Bertz CT molecular complexity index is 1150. The maximum Gasteiger partial charge on any atom is 0.269 e. The number of benzene rings is 3. The van der Waals surface area contributed by atoms with Crippen molar-refractivity contribution in [2.24, 2.45) is 0 Å². The number of carbonyl (C=O) groups is 1. The highest BCUT2D eigenvalue weighted by Crippen LogP contribution is 2.24. The van der Waals surface area contributed by atoms with Crippen LogP contribution in [0.1, 0.15) is 10.6 Å². The number of nitro groups is 1. The minimum absolute atomic E-state index is 0.0299. The number of non-ortho nitro benzene ring substituents is 1. The van der Waals surface area contributed by atoms with Gasteiger partial charge in [-0.2, -0.15) is 0 Å². The molecule has 1 heterocycles. The molecule has 0 unspecified atom stereocenters. The first kappa shape index (κ1) is 19.5. The molecule has 0 atom stereocenters. The normalized spacial score (nSPS) is 10.7. The standard InChI is InChI=1S/C22H17N3O4S/c26-21(14-29-18-11-9-17(10-12-18)25(27)28)23-16-7-5-15(6-8-16)13-22-24-19-3-1-2-4-20(19)30-22/h1-12H,13-14H2,(H,23,26). The van der Waals surface area contributed by atoms with Gasteiger partial charge >= 0.3 is 0 Å². The number of fused-ring (bicyclic) bond motifs is 1. The van der Waals surface area contributed by atoms with E-state index in [-0.39, 0.29) is 18.2 Å². The lowest BCUT2D eigenvalue weighted by Gasteiger charge is -2.08. The Morgan fingerprint density at radius 1 is 1.03 bits per heavy atom. The number of nitro benzene ring substituents is 1. The summed E-state index contributed by atoms with van der Waals surface area (Å²) in [7, 11) is 0. The number of para-hydroxylation sites is 1. The molecule has 0 fully saturated rings. The van der Waals surface area contributed by atoms with Crippen LogP contribution in [-0.2, 0) is 11.2 Å². The number of carbonyl (C=O) groups excluding carboxylic acids is 1. The van der Waals surface area contributed by atoms with E-state index in [2.05, 4.69) is 16.4 Å². The summed E-state index contributed by atoms with van der Waals surface area (Å²) in [4.78, 5) is 26.9. The highest BCUT2D eigenvalue weighted by atomic mass is 32.1. The van der Waals surface area contributed by atoms with Gasteiger partial charge in [-0.25, -0.2) is 4.98 Å². The fourth-order valence-corrected chi connectivity index (χ4v) is 3.89. The van der Waals surface area contributed by atoms with Gasteiger partial charge in [0.05, 0.1) is 20.1 Å². The molecule has 0 saturated heterocycles. The number of hydrogen-bond acceptors (Lipinski definition) is 6. The molecule has 1 aromatic heterocycles. The summed E-state index contributed by atoms with van der Waals surface area (Å²) in [5.74, 6) is 0.0780. The predicted octanol–water partition coefficient (Wildman–Crippen LogP) is 4.81. The molecular weight excluding hydrogens is 402 g/mol. The highest BCUT2D eigenvalue weighted by molar-refractivity contribution is 7.18. The molecule has 3 aromatic carbocycles. The van der Waals surface area contributed by atoms with Crippen LogP contribution >= 0.6 is 11.3 Å². The number of nitrogens with one attached hydrogen (secondary N) is 1. The lowest BCUT2D eigenvalue weighted by molar-refractivity contribution is -0.384. The number of thiazole rings is 1. The predicted molar refractivity (Wildman–Crippen MR) is 116 cm³/mol. The lowest BCUT2D eigenvalue weighted by Crippen LogP contribution is -2.20. The van der Waals surface area contributed by atoms with E-state index in [9.17, 15) is 14.9 Å². The number of rotatable bonds is 7. The second-order valence-corrected chi connectivity index (χ2v) is 7.65. The van der Waals surface area contributed by atoms with Crippen LogP contribution in [0.3, 0.4) is 0 Å². The Morgan fingerprint density at radius 3 is 2.47 bits per heavy atom. The molecule has 8 heteroatoms. The zero-order valence-electron chi connectivity index (χ0n) is 15.8. The van der Waals surface area contributed by atoms with Crippen molar-refractivity contribution in [3.63, 3.8) is 0 Å². The Kier molecular flexibility index (Phi) is 5.67. The van der Waals surface area contributed by atoms with E-state index >= 15 is 0 Å². The maximum absolute atomic E-state index is 12.1. The average molecular weight is 419 g/mol. The molecule has 4 rings (SSSR count). The number of anilines is 1. The third-order valence-electron chi connectivity index (χ3n) is 4.35. The van der Waals surface area contributed by atoms with Gasteiger partial charge in [-0.1, -0.05) is 24.3 Å². The van der Waals surface area contributed by atoms with Crippen molar-refractivity contribution in [1.29, 1.82) is 0 Å². The summed E-state index contributed by atoms with van der Waals surface area (Å²) in [6.45, 7) is -0.189. The molecular formula is C22H17N3O4S. The minimum Gasteiger partial charge on any atom is -0.484 e. The number of ether oxygens (including phenoxy) is 1. The van der Waals surface area contributed by atoms with Crippen LogP contribution in [0.2, 0.25) is 0 Å². The second-order valence-electron chi connectivity index (χ2n) is 6.54. The summed E-state index contributed by atoms with van der Waals surface area (Å²) in [6.07, 6.45) is 0.733. The van der Waals surface area contributed by atoms with Gasteiger partial charge in [-0.05, 0) is 42.0 Å². The molecule has 0 aliphatic carbocycles. The van der Waals surface area contributed by atoms with Gasteiger partial charge in [-0.15, -0.1) is 11.3 Å². The van der Waals surface area contributed by atoms with E-state index in [0.717, 1.165) is 22.5 Å². The fourth-order valence-electron chi connectivity index (χ4n) is 2.89. The van der Waals surface area contributed by atoms with Crippen LogP contribution in [0.5, 0.6) is 5.75 Å². The average Bonchev–Trinajstić information content (AvgIpc) is 3.16. The second kappa shape index (κ2) is 8.71. The molecule has 30 heavy (non-hydrogen) atoms. The lowest BCUT2D eigenvalue weighted by atomic mass is 10.1. The van der Waals surface area contributed by atoms with Crippen LogP contribution in [0.4, 0.5) is 11.4 Å². The van der Waals surface area contributed by atoms with Crippen LogP contribution in [-0.4, -0.2) is 22.4 Å². The van der Waals surface area contributed by atoms with Gasteiger partial charge in [0.25, 0.3) is 11.6 Å². The number of aromatic nitrogens is 1. The molecule has 0 aliphatic heterocycles. The van der Waals surface area contributed by atoms with E-state index in [1.165, 1.54) is 29.0 Å². The number of amides is 1. The van der Waals surface area contributed by atoms with Gasteiger partial charge in [0.1, 0.15) is 5.75 Å². The van der Waals surface area contributed by atoms with Gasteiger partial charge < -0.3 is 10.1 Å². The zero-order chi connectivity index (χ0) is 20.9. The van der Waals surface area contributed by atoms with Crippen LogP contribution in [0.25, 0.3) is 10.2 Å². The number of hydrogen-bond donors (Lipinski definition) is 1. The molecule has 7 nitrogen and oxygen atoms in total. The van der Waals surface area contributed by atoms with Gasteiger partial charge in [0, 0.05) is 24.2 Å². The Balaban J connectivity index is 1.30. The van der Waals surface area contributed by atoms with Crippen molar-refractivity contribution in [2.75, 3.05) is 11.9 Å². The van der Waals surface area contributed by atoms with Crippen LogP contribution in [0.15, 0.2) is 72.8 Å². The quantitative estimate of drug-likeness (QED) is 0.343. The SMILES string of the molecule is O=C(COc1ccc([N+](=O)[O-])cc1)Nc1ccc(Cc2nc3ccccc3s2)cc1. The first-order chi connectivity index (χ1) is 14.6. The van der Waals surface area contributed by atoms with Crippen LogP contribution < -0.4 is 10.1 Å². The van der Waals surface area contributed by atoms with Crippen molar-refractivity contribution in [3.8, 4) is 5.75 Å². The van der Waals surface area contributed by atoms with E-state index in [0.29, 0.717) is 11.4 Å². The van der Waals surface area contributed by atoms with E-state index < -0.39 is 4.92 Å². The first-order valence-corrected chi connectivity index (χ1v) is 9.99. The Morgan fingerprint density at radius 2 is 1.77 bits per heavy atom. The van der Waals surface area contributed by atoms with Crippen molar-refractivity contribution in [3.05, 3.63) is 93.5 Å². The summed E-state index contributed by atoms with van der Waals surface area (Å²) < 4.78 is 6.54. The van der Waals surface area contributed by atoms with Crippen molar-refractivity contribution >= 4 is 38.8 Å². The maximum atomic E-state index is 12.1. The summed E-state index contributed by atoms with van der Waals surface area (Å²) >= 11 is 1.68. The topological polar surface area (TPSA) is 94.4 Å². The first-order valence-electron chi connectivity index (χ1n) is 9.17. The molecule has 1 N–H and O–H groups in total. The molecule has 0 bridgehead atoms. The summed E-state index contributed by atoms with van der Waals surface area (Å²) in [5, 5.41) is 14.5. The van der Waals surface area contributed by atoms with Crippen LogP contribution in [0, 0.1) is 10.1 Å². The molecule has 0 aliphatic rings. The summed E-state index contributed by atoms with van der Waals surface area (Å²) in [5.41, 5.74) is 2.75. The van der Waals surface area contributed by atoms with Gasteiger partial charge in [0.2, 0.25) is 0 Å². The molecule has 1 amide bonds. The third-order valence-corrected chi connectivity index (χ3v) is 5.39. The number of nitrogens with zero attached hydrogens (tertiary/aromatic N) is 2. The zero-order valence-corrected chi connectivity index (χ0v) is 16.6. The van der Waals surface area contributed by atoms with Gasteiger partial charge in [0.15, 0.2) is 6.61 Å². The van der Waals surface area contributed by atoms with Crippen molar-refractivity contribution < 1.29 is 14.5 Å². The molecule has 0 spiro atoms. The van der Waals surface area contributed by atoms with Gasteiger partial charge in [-0.3, -0.25) is 14.9 Å². The van der Waals surface area contributed by atoms with E-state index in [1.54, 1.807) is 11.3 Å². The van der Waals surface area contributed by atoms with E-state index in [1.807, 2.05) is 42.5 Å². The molecule has 0 saturated carbocycles.